The van der Waals surface area contributed by atoms with E-state index in [0.717, 1.165) is 5.56 Å². The van der Waals surface area contributed by atoms with E-state index >= 15 is 0 Å². The second-order valence-electron chi connectivity index (χ2n) is 2.27. The van der Waals surface area contributed by atoms with Crippen LogP contribution in [0.1, 0.15) is 5.56 Å². The third kappa shape index (κ3) is 3.67. The van der Waals surface area contributed by atoms with Crippen LogP contribution in [-0.4, -0.2) is 5.51 Å². The molecule has 0 aliphatic rings. The zero-order chi connectivity index (χ0) is 9.03. The zero-order valence-electron chi connectivity index (χ0n) is 6.17. The van der Waals surface area contributed by atoms with Crippen molar-refractivity contribution >= 4 is 11.8 Å². The summed E-state index contributed by atoms with van der Waals surface area (Å²) in [5, 5.41) is 0. The zero-order valence-corrected chi connectivity index (χ0v) is 7.07. The minimum Gasteiger partial charge on any atom is -0.123 e. The monoisotopic (exact) mass is 193 g/mol. The molecule has 0 atom stereocenters. The van der Waals surface area contributed by atoms with Gasteiger partial charge in [0.2, 0.25) is 0 Å². The quantitative estimate of drug-likeness (QED) is 0.500. The van der Waals surface area contributed by atoms with Gasteiger partial charge in [0, 0.05) is 5.56 Å². The highest BCUT2D eigenvalue weighted by molar-refractivity contribution is 7.78. The number of halogens is 3. The van der Waals surface area contributed by atoms with Gasteiger partial charge in [-0.25, -0.2) is 0 Å². The lowest BCUT2D eigenvalue weighted by Crippen LogP contribution is -2.11. The van der Waals surface area contributed by atoms with Gasteiger partial charge in [0.25, 0.3) is 0 Å². The van der Waals surface area contributed by atoms with E-state index in [9.17, 15) is 13.2 Å². The standard InChI is InChI=1S/C8H7F3S/c9-8(10,11)12-6-7-4-2-1-3-5-7/h1-5H,6H2/p+1. The number of benzene rings is 1. The Balaban J connectivity index is 2.44. The number of hydrogen-bond donors (Lipinski definition) is 0. The summed E-state index contributed by atoms with van der Waals surface area (Å²) in [4.78, 5) is 0. The first-order valence-electron chi connectivity index (χ1n) is 3.37. The fourth-order valence-corrected chi connectivity index (χ4v) is 1.34. The van der Waals surface area contributed by atoms with Crippen molar-refractivity contribution in [2.45, 2.75) is 11.3 Å². The molecule has 0 saturated heterocycles. The average molecular weight is 193 g/mol. The Morgan fingerprint density at radius 2 is 1.67 bits per heavy atom. The smallest absolute Gasteiger partial charge is 0.123 e. The maximum atomic E-state index is 11.7. The molecule has 0 heterocycles. The van der Waals surface area contributed by atoms with E-state index in [1.807, 2.05) is 0 Å². The summed E-state index contributed by atoms with van der Waals surface area (Å²) in [5.41, 5.74) is -3.35. The van der Waals surface area contributed by atoms with Crippen LogP contribution in [0.5, 0.6) is 0 Å². The SMILES string of the molecule is FC(F)(F)[SH+]Cc1ccccc1. The van der Waals surface area contributed by atoms with Gasteiger partial charge in [-0.05, 0) is 0 Å². The molecule has 0 spiro atoms. The lowest BCUT2D eigenvalue weighted by atomic mass is 10.2. The third-order valence-corrected chi connectivity index (χ3v) is 2.17. The Morgan fingerprint density at radius 1 is 1.08 bits per heavy atom. The minimum absolute atomic E-state index is 0.0460. The van der Waals surface area contributed by atoms with Crippen LogP contribution in [0.3, 0.4) is 0 Å². The largest absolute Gasteiger partial charge is 0.572 e. The molecule has 0 fully saturated rings. The summed E-state index contributed by atoms with van der Waals surface area (Å²) < 4.78 is 35.2. The topological polar surface area (TPSA) is 0 Å². The minimum atomic E-state index is -4.07. The van der Waals surface area contributed by atoms with Gasteiger partial charge in [0.1, 0.15) is 5.75 Å². The van der Waals surface area contributed by atoms with Crippen molar-refractivity contribution in [1.29, 1.82) is 0 Å². The second-order valence-corrected chi connectivity index (χ2v) is 3.41. The maximum absolute atomic E-state index is 11.7. The van der Waals surface area contributed by atoms with Gasteiger partial charge in [-0.1, -0.05) is 30.3 Å². The van der Waals surface area contributed by atoms with Crippen LogP contribution in [0.4, 0.5) is 13.2 Å². The van der Waals surface area contributed by atoms with Crippen LogP contribution in [0.25, 0.3) is 0 Å². The van der Waals surface area contributed by atoms with Gasteiger partial charge < -0.3 is 0 Å². The molecule has 0 N–H and O–H groups in total. The van der Waals surface area contributed by atoms with Gasteiger partial charge >= 0.3 is 5.51 Å². The molecular weight excluding hydrogens is 185 g/mol. The van der Waals surface area contributed by atoms with Crippen LogP contribution in [0.2, 0.25) is 0 Å². The number of hydrogen-bond acceptors (Lipinski definition) is 0. The van der Waals surface area contributed by atoms with Crippen LogP contribution in [0, 0.1) is 0 Å². The fraction of sp³-hybridized carbons (Fsp3) is 0.250. The molecule has 0 aliphatic carbocycles. The van der Waals surface area contributed by atoms with E-state index in [4.69, 9.17) is 0 Å². The summed E-state index contributed by atoms with van der Waals surface area (Å²) in [6.07, 6.45) is 0. The van der Waals surface area contributed by atoms with E-state index < -0.39 is 17.3 Å². The molecule has 1 aromatic carbocycles. The predicted octanol–water partition coefficient (Wildman–Crippen LogP) is 2.52. The van der Waals surface area contributed by atoms with E-state index in [0.29, 0.717) is 0 Å². The molecule has 12 heavy (non-hydrogen) atoms. The van der Waals surface area contributed by atoms with Gasteiger partial charge in [0.15, 0.2) is 0 Å². The molecule has 0 saturated carbocycles. The maximum Gasteiger partial charge on any atom is 0.572 e. The molecule has 0 amide bonds. The molecule has 0 aliphatic heterocycles. The van der Waals surface area contributed by atoms with Crippen molar-refractivity contribution in [3.05, 3.63) is 35.9 Å². The highest BCUT2D eigenvalue weighted by Gasteiger charge is 2.37. The fourth-order valence-electron chi connectivity index (χ4n) is 0.764. The Morgan fingerprint density at radius 3 is 2.17 bits per heavy atom. The van der Waals surface area contributed by atoms with Crippen molar-refractivity contribution in [3.63, 3.8) is 0 Å². The summed E-state index contributed by atoms with van der Waals surface area (Å²) in [6.45, 7) is 0. The Labute approximate surface area is 72.8 Å². The molecule has 1 aromatic rings. The summed E-state index contributed by atoms with van der Waals surface area (Å²) in [5.74, 6) is 0.0460. The summed E-state index contributed by atoms with van der Waals surface area (Å²) >= 11 is -0.497. The first-order chi connectivity index (χ1) is 5.58. The van der Waals surface area contributed by atoms with Crippen LogP contribution in [-0.2, 0) is 17.5 Å². The molecule has 0 aromatic heterocycles. The normalized spacial score (nSPS) is 11.6. The van der Waals surface area contributed by atoms with Crippen molar-refractivity contribution in [2.24, 2.45) is 0 Å². The van der Waals surface area contributed by atoms with E-state index in [2.05, 4.69) is 0 Å². The van der Waals surface area contributed by atoms with Gasteiger partial charge in [0.05, 0.1) is 11.8 Å². The van der Waals surface area contributed by atoms with E-state index in [1.165, 1.54) is 0 Å². The molecule has 0 bridgehead atoms. The van der Waals surface area contributed by atoms with Crippen LogP contribution in [0.15, 0.2) is 30.3 Å². The lowest BCUT2D eigenvalue weighted by Gasteiger charge is -1.96. The van der Waals surface area contributed by atoms with Crippen molar-refractivity contribution in [3.8, 4) is 0 Å². The van der Waals surface area contributed by atoms with Crippen molar-refractivity contribution in [2.75, 3.05) is 0 Å². The first kappa shape index (κ1) is 9.45. The molecule has 0 radical (unpaired) electrons. The summed E-state index contributed by atoms with van der Waals surface area (Å²) in [7, 11) is 0. The Kier molecular flexibility index (Phi) is 3.03. The van der Waals surface area contributed by atoms with E-state index in [-0.39, 0.29) is 5.75 Å². The highest BCUT2D eigenvalue weighted by atomic mass is 32.2. The lowest BCUT2D eigenvalue weighted by molar-refractivity contribution is -0.0342. The van der Waals surface area contributed by atoms with Crippen LogP contribution < -0.4 is 0 Å². The molecule has 66 valence electrons. The third-order valence-electron chi connectivity index (χ3n) is 1.28. The van der Waals surface area contributed by atoms with E-state index in [1.54, 1.807) is 30.3 Å². The van der Waals surface area contributed by atoms with Crippen LogP contribution >= 0.6 is 0 Å². The molecule has 0 nitrogen and oxygen atoms in total. The van der Waals surface area contributed by atoms with Gasteiger partial charge in [-0.3, -0.25) is 0 Å². The molecule has 0 unspecified atom stereocenters. The number of alkyl halides is 3. The average Bonchev–Trinajstić information content (AvgIpc) is 2.02. The molecule has 4 heteroatoms. The number of rotatable bonds is 2. The number of thiol groups is 1. The predicted molar refractivity (Wildman–Crippen MR) is 45.0 cm³/mol. The van der Waals surface area contributed by atoms with Crippen molar-refractivity contribution < 1.29 is 13.2 Å². The first-order valence-corrected chi connectivity index (χ1v) is 4.45. The van der Waals surface area contributed by atoms with Crippen molar-refractivity contribution in [1.82, 2.24) is 0 Å². The van der Waals surface area contributed by atoms with Gasteiger partial charge in [-0.15, -0.1) is 13.2 Å². The molecular formula is C8H8F3S+. The second kappa shape index (κ2) is 3.85. The Bertz CT molecular complexity index is 230. The Hall–Kier alpha value is -0.640. The molecule has 1 rings (SSSR count). The summed E-state index contributed by atoms with van der Waals surface area (Å²) in [6, 6.07) is 8.65. The highest BCUT2D eigenvalue weighted by Crippen LogP contribution is 2.19. The van der Waals surface area contributed by atoms with Gasteiger partial charge in [-0.2, -0.15) is 0 Å².